The van der Waals surface area contributed by atoms with Crippen molar-refractivity contribution in [2.45, 2.75) is 19.4 Å². The summed E-state index contributed by atoms with van der Waals surface area (Å²) < 4.78 is 0. The average Bonchev–Trinajstić information content (AvgIpc) is 2.42. The van der Waals surface area contributed by atoms with E-state index in [0.717, 1.165) is 6.42 Å². The molecule has 104 valence electrons. The van der Waals surface area contributed by atoms with Crippen molar-refractivity contribution in [3.8, 4) is 0 Å². The van der Waals surface area contributed by atoms with Crippen LogP contribution in [0.3, 0.4) is 0 Å². The Morgan fingerprint density at radius 1 is 1.10 bits per heavy atom. The number of amides is 1. The van der Waals surface area contributed by atoms with Crippen LogP contribution in [-0.2, 0) is 6.42 Å². The Labute approximate surface area is 128 Å². The van der Waals surface area contributed by atoms with Gasteiger partial charge in [0.2, 0.25) is 0 Å². The zero-order valence-corrected chi connectivity index (χ0v) is 12.6. The second-order valence-electron chi connectivity index (χ2n) is 4.69. The van der Waals surface area contributed by atoms with Crippen LogP contribution in [0.1, 0.15) is 22.8 Å². The van der Waals surface area contributed by atoms with Gasteiger partial charge in [0.25, 0.3) is 5.91 Å². The Morgan fingerprint density at radius 3 is 2.45 bits per heavy atom. The van der Waals surface area contributed by atoms with Crippen molar-refractivity contribution in [2.75, 3.05) is 0 Å². The second kappa shape index (κ2) is 6.78. The van der Waals surface area contributed by atoms with Crippen LogP contribution in [0.15, 0.2) is 48.5 Å². The van der Waals surface area contributed by atoms with Crippen LogP contribution in [0.25, 0.3) is 0 Å². The number of halogens is 2. The molecule has 0 saturated carbocycles. The summed E-state index contributed by atoms with van der Waals surface area (Å²) in [6, 6.07) is 14.9. The summed E-state index contributed by atoms with van der Waals surface area (Å²) in [6.45, 7) is 1.97. The highest BCUT2D eigenvalue weighted by Gasteiger charge is 2.11. The number of rotatable bonds is 4. The minimum Gasteiger partial charge on any atom is -0.349 e. The normalized spacial score (nSPS) is 11.9. The lowest BCUT2D eigenvalue weighted by atomic mass is 10.1. The largest absolute Gasteiger partial charge is 0.349 e. The summed E-state index contributed by atoms with van der Waals surface area (Å²) in [5, 5.41) is 3.78. The first-order chi connectivity index (χ1) is 9.56. The van der Waals surface area contributed by atoms with E-state index in [4.69, 9.17) is 23.2 Å². The third kappa shape index (κ3) is 3.99. The fourth-order valence-corrected chi connectivity index (χ4v) is 2.26. The van der Waals surface area contributed by atoms with Gasteiger partial charge in [0.1, 0.15) is 0 Å². The predicted octanol–water partition coefficient (Wildman–Crippen LogP) is 4.35. The minimum atomic E-state index is -0.146. The van der Waals surface area contributed by atoms with Crippen LogP contribution < -0.4 is 5.32 Å². The summed E-state index contributed by atoms with van der Waals surface area (Å²) in [6.07, 6.45) is 0.786. The highest BCUT2D eigenvalue weighted by atomic mass is 35.5. The van der Waals surface area contributed by atoms with Crippen LogP contribution in [0.2, 0.25) is 10.0 Å². The monoisotopic (exact) mass is 307 g/mol. The van der Waals surface area contributed by atoms with E-state index < -0.39 is 0 Å². The van der Waals surface area contributed by atoms with E-state index in [1.165, 1.54) is 5.56 Å². The van der Waals surface area contributed by atoms with Gasteiger partial charge in [0.15, 0.2) is 0 Å². The summed E-state index contributed by atoms with van der Waals surface area (Å²) in [5.41, 5.74) is 1.70. The average molecular weight is 308 g/mol. The number of hydrogen-bond acceptors (Lipinski definition) is 1. The molecule has 20 heavy (non-hydrogen) atoms. The zero-order chi connectivity index (χ0) is 14.5. The van der Waals surface area contributed by atoms with Gasteiger partial charge in [-0.15, -0.1) is 0 Å². The molecule has 0 spiro atoms. The molecule has 0 bridgehead atoms. The SMILES string of the molecule is C[C@H](Cc1ccccc1)NC(=O)c1ccc(Cl)c(Cl)c1. The molecule has 1 atom stereocenters. The summed E-state index contributed by atoms with van der Waals surface area (Å²) >= 11 is 11.7. The fourth-order valence-electron chi connectivity index (χ4n) is 1.96. The van der Waals surface area contributed by atoms with Gasteiger partial charge in [-0.2, -0.15) is 0 Å². The van der Waals surface area contributed by atoms with Gasteiger partial charge in [-0.25, -0.2) is 0 Å². The number of nitrogens with one attached hydrogen (secondary N) is 1. The van der Waals surface area contributed by atoms with E-state index in [9.17, 15) is 4.79 Å². The maximum atomic E-state index is 12.1. The lowest BCUT2D eigenvalue weighted by Crippen LogP contribution is -2.34. The van der Waals surface area contributed by atoms with Crippen molar-refractivity contribution in [1.29, 1.82) is 0 Å². The molecular formula is C16H15Cl2NO. The number of benzene rings is 2. The molecule has 2 aromatic rings. The number of hydrogen-bond donors (Lipinski definition) is 1. The Balaban J connectivity index is 1.98. The molecule has 0 unspecified atom stereocenters. The van der Waals surface area contributed by atoms with Crippen LogP contribution in [-0.4, -0.2) is 11.9 Å². The van der Waals surface area contributed by atoms with Crippen molar-refractivity contribution in [3.05, 3.63) is 69.7 Å². The van der Waals surface area contributed by atoms with Crippen LogP contribution in [0.5, 0.6) is 0 Å². The number of carbonyl (C=O) groups excluding carboxylic acids is 1. The topological polar surface area (TPSA) is 29.1 Å². The number of carbonyl (C=O) groups is 1. The summed E-state index contributed by atoms with van der Waals surface area (Å²) in [5.74, 6) is -0.146. The third-order valence-corrected chi connectivity index (χ3v) is 3.68. The third-order valence-electron chi connectivity index (χ3n) is 2.94. The molecule has 0 fully saturated rings. The summed E-state index contributed by atoms with van der Waals surface area (Å²) in [4.78, 5) is 12.1. The molecule has 0 aromatic heterocycles. The molecule has 4 heteroatoms. The van der Waals surface area contributed by atoms with E-state index in [1.807, 2.05) is 37.3 Å². The zero-order valence-electron chi connectivity index (χ0n) is 11.1. The molecule has 0 aliphatic heterocycles. The van der Waals surface area contributed by atoms with Crippen LogP contribution >= 0.6 is 23.2 Å². The van der Waals surface area contributed by atoms with Gasteiger partial charge >= 0.3 is 0 Å². The summed E-state index contributed by atoms with van der Waals surface area (Å²) in [7, 11) is 0. The van der Waals surface area contributed by atoms with Crippen molar-refractivity contribution < 1.29 is 4.79 Å². The molecular weight excluding hydrogens is 293 g/mol. The van der Waals surface area contributed by atoms with Gasteiger partial charge in [-0.3, -0.25) is 4.79 Å². The molecule has 0 aliphatic carbocycles. The lowest BCUT2D eigenvalue weighted by Gasteiger charge is -2.14. The van der Waals surface area contributed by atoms with Crippen molar-refractivity contribution in [3.63, 3.8) is 0 Å². The molecule has 2 aromatic carbocycles. The first kappa shape index (κ1) is 14.9. The van der Waals surface area contributed by atoms with Gasteiger partial charge in [-0.1, -0.05) is 53.5 Å². The van der Waals surface area contributed by atoms with Gasteiger partial charge in [0, 0.05) is 11.6 Å². The smallest absolute Gasteiger partial charge is 0.251 e. The van der Waals surface area contributed by atoms with E-state index in [1.54, 1.807) is 18.2 Å². The van der Waals surface area contributed by atoms with Crippen LogP contribution in [0, 0.1) is 0 Å². The first-order valence-electron chi connectivity index (χ1n) is 6.36. The Hall–Kier alpha value is -1.51. The minimum absolute atomic E-state index is 0.0411. The van der Waals surface area contributed by atoms with E-state index >= 15 is 0 Å². The quantitative estimate of drug-likeness (QED) is 0.893. The van der Waals surface area contributed by atoms with Gasteiger partial charge in [-0.05, 0) is 37.1 Å². The maximum Gasteiger partial charge on any atom is 0.251 e. The lowest BCUT2D eigenvalue weighted by molar-refractivity contribution is 0.0940. The van der Waals surface area contributed by atoms with Gasteiger partial charge in [0.05, 0.1) is 10.0 Å². The molecule has 2 nitrogen and oxygen atoms in total. The molecule has 0 aliphatic rings. The Morgan fingerprint density at radius 2 is 1.80 bits per heavy atom. The van der Waals surface area contributed by atoms with Crippen molar-refractivity contribution in [1.82, 2.24) is 5.32 Å². The Kier molecular flexibility index (Phi) is 5.05. The van der Waals surface area contributed by atoms with Crippen LogP contribution in [0.4, 0.5) is 0 Å². The highest BCUT2D eigenvalue weighted by Crippen LogP contribution is 2.22. The van der Waals surface area contributed by atoms with E-state index in [0.29, 0.717) is 15.6 Å². The predicted molar refractivity (Wildman–Crippen MR) is 83.5 cm³/mol. The van der Waals surface area contributed by atoms with Crippen molar-refractivity contribution in [2.24, 2.45) is 0 Å². The van der Waals surface area contributed by atoms with E-state index in [2.05, 4.69) is 5.32 Å². The van der Waals surface area contributed by atoms with Gasteiger partial charge < -0.3 is 5.32 Å². The highest BCUT2D eigenvalue weighted by molar-refractivity contribution is 6.42. The molecule has 1 amide bonds. The van der Waals surface area contributed by atoms with E-state index in [-0.39, 0.29) is 11.9 Å². The standard InChI is InChI=1S/C16H15Cl2NO/c1-11(9-12-5-3-2-4-6-12)19-16(20)13-7-8-14(17)15(18)10-13/h2-8,10-11H,9H2,1H3,(H,19,20)/t11-/m1/s1. The molecule has 2 rings (SSSR count). The molecule has 0 saturated heterocycles. The molecule has 0 radical (unpaired) electrons. The fraction of sp³-hybridized carbons (Fsp3) is 0.188. The maximum absolute atomic E-state index is 12.1. The molecule has 0 heterocycles. The first-order valence-corrected chi connectivity index (χ1v) is 7.11. The van der Waals surface area contributed by atoms with Crippen molar-refractivity contribution >= 4 is 29.1 Å². The second-order valence-corrected chi connectivity index (χ2v) is 5.51. The molecule has 1 N–H and O–H groups in total. The Bertz CT molecular complexity index is 599.